The summed E-state index contributed by atoms with van der Waals surface area (Å²) in [5.41, 5.74) is 0.797. The second-order valence-corrected chi connectivity index (χ2v) is 7.24. The number of rotatable bonds is 6. The molecule has 2 heterocycles. The zero-order valence-electron chi connectivity index (χ0n) is 14.7. The number of nitrogens with one attached hydrogen (secondary N) is 1. The first-order valence-corrected chi connectivity index (χ1v) is 9.38. The van der Waals surface area contributed by atoms with Crippen molar-refractivity contribution in [2.45, 2.75) is 13.8 Å². The fraction of sp³-hybridized carbons (Fsp3) is 0.444. The number of aromatic nitrogens is 1. The van der Waals surface area contributed by atoms with Gasteiger partial charge in [0.05, 0.1) is 13.2 Å². The Balaban J connectivity index is 1.44. The van der Waals surface area contributed by atoms with E-state index in [9.17, 15) is 4.79 Å². The van der Waals surface area contributed by atoms with Crippen LogP contribution in [-0.2, 0) is 4.79 Å². The lowest BCUT2D eigenvalue weighted by atomic mass is 10.3. The molecule has 1 aromatic carbocycles. The lowest BCUT2D eigenvalue weighted by Crippen LogP contribution is -2.48. The average molecular weight is 360 g/mol. The number of anilines is 2. The summed E-state index contributed by atoms with van der Waals surface area (Å²) in [5, 5.41) is 4.02. The molecule has 0 radical (unpaired) electrons. The smallest absolute Gasteiger partial charge is 0.238 e. The highest BCUT2D eigenvalue weighted by molar-refractivity contribution is 7.15. The van der Waals surface area contributed by atoms with Gasteiger partial charge in [0.1, 0.15) is 5.75 Å². The van der Waals surface area contributed by atoms with Gasteiger partial charge in [-0.2, -0.15) is 0 Å². The monoisotopic (exact) mass is 360 g/mol. The van der Waals surface area contributed by atoms with Gasteiger partial charge in [-0.15, -0.1) is 11.3 Å². The normalized spacial score (nSPS) is 15.2. The fourth-order valence-corrected chi connectivity index (χ4v) is 3.60. The van der Waals surface area contributed by atoms with Crippen molar-refractivity contribution in [3.8, 4) is 5.75 Å². The van der Waals surface area contributed by atoms with Gasteiger partial charge in [0, 0.05) is 42.9 Å². The molecule has 6 nitrogen and oxygen atoms in total. The van der Waals surface area contributed by atoms with Crippen molar-refractivity contribution in [3.05, 3.63) is 35.3 Å². The van der Waals surface area contributed by atoms with E-state index in [2.05, 4.69) is 27.0 Å². The van der Waals surface area contributed by atoms with E-state index in [0.717, 1.165) is 42.7 Å². The largest absolute Gasteiger partial charge is 0.494 e. The third-order valence-electron chi connectivity index (χ3n) is 4.07. The standard InChI is InChI=1S/C18H24N4O2S/c1-3-24-16-6-4-15(5-7-16)20-17(23)13-21-8-10-22(11-9-21)18-19-12-14(2)25-18/h4-7,12H,3,8-11,13H2,1-2H3,(H,20,23). The number of amides is 1. The minimum absolute atomic E-state index is 0.0164. The van der Waals surface area contributed by atoms with E-state index in [0.29, 0.717) is 13.2 Å². The average Bonchev–Trinajstić information content (AvgIpc) is 3.04. The Morgan fingerprint density at radius 3 is 2.56 bits per heavy atom. The summed E-state index contributed by atoms with van der Waals surface area (Å²) < 4.78 is 5.41. The fourth-order valence-electron chi connectivity index (χ4n) is 2.79. The molecule has 1 aromatic heterocycles. The number of piperazine rings is 1. The van der Waals surface area contributed by atoms with Gasteiger partial charge in [-0.1, -0.05) is 0 Å². The summed E-state index contributed by atoms with van der Waals surface area (Å²) in [5.74, 6) is 0.830. The Kier molecular flexibility index (Phi) is 5.88. The highest BCUT2D eigenvalue weighted by Gasteiger charge is 2.20. The van der Waals surface area contributed by atoms with Crippen molar-refractivity contribution in [2.24, 2.45) is 0 Å². The molecule has 0 spiro atoms. The molecule has 25 heavy (non-hydrogen) atoms. The number of benzene rings is 1. The number of carbonyl (C=O) groups excluding carboxylic acids is 1. The number of thiazole rings is 1. The first kappa shape index (κ1) is 17.7. The summed E-state index contributed by atoms with van der Waals surface area (Å²) >= 11 is 1.72. The van der Waals surface area contributed by atoms with Crippen molar-refractivity contribution in [1.29, 1.82) is 0 Å². The number of ether oxygens (including phenoxy) is 1. The van der Waals surface area contributed by atoms with Crippen LogP contribution in [0.2, 0.25) is 0 Å². The Morgan fingerprint density at radius 2 is 1.96 bits per heavy atom. The van der Waals surface area contributed by atoms with E-state index in [1.807, 2.05) is 37.4 Å². The number of nitrogens with zero attached hydrogens (tertiary/aromatic N) is 3. The van der Waals surface area contributed by atoms with Gasteiger partial charge in [0.25, 0.3) is 0 Å². The van der Waals surface area contributed by atoms with Crippen LogP contribution in [0.3, 0.4) is 0 Å². The maximum atomic E-state index is 12.2. The zero-order valence-corrected chi connectivity index (χ0v) is 15.5. The van der Waals surface area contributed by atoms with Crippen LogP contribution in [0.5, 0.6) is 5.75 Å². The van der Waals surface area contributed by atoms with Crippen molar-refractivity contribution < 1.29 is 9.53 Å². The van der Waals surface area contributed by atoms with Crippen LogP contribution in [0.15, 0.2) is 30.5 Å². The van der Waals surface area contributed by atoms with Crippen LogP contribution in [0, 0.1) is 6.92 Å². The molecular formula is C18H24N4O2S. The summed E-state index contributed by atoms with van der Waals surface area (Å²) in [6.07, 6.45) is 1.91. The molecule has 0 bridgehead atoms. The van der Waals surface area contributed by atoms with Crippen LogP contribution in [-0.4, -0.2) is 55.1 Å². The maximum Gasteiger partial charge on any atom is 0.238 e. The van der Waals surface area contributed by atoms with Crippen LogP contribution >= 0.6 is 11.3 Å². The molecule has 1 amide bonds. The van der Waals surface area contributed by atoms with E-state index < -0.39 is 0 Å². The summed E-state index contributed by atoms with van der Waals surface area (Å²) in [6.45, 7) is 8.63. The Bertz CT molecular complexity index is 693. The van der Waals surface area contributed by atoms with Gasteiger partial charge < -0.3 is 15.0 Å². The van der Waals surface area contributed by atoms with Crippen molar-refractivity contribution in [3.63, 3.8) is 0 Å². The molecule has 0 atom stereocenters. The third-order valence-corrected chi connectivity index (χ3v) is 5.04. The number of hydrogen-bond donors (Lipinski definition) is 1. The minimum atomic E-state index is 0.0164. The van der Waals surface area contributed by atoms with E-state index in [1.165, 1.54) is 4.88 Å². The van der Waals surface area contributed by atoms with Crippen molar-refractivity contribution >= 4 is 28.1 Å². The molecular weight excluding hydrogens is 336 g/mol. The lowest BCUT2D eigenvalue weighted by Gasteiger charge is -2.34. The molecule has 1 fully saturated rings. The lowest BCUT2D eigenvalue weighted by molar-refractivity contribution is -0.117. The Morgan fingerprint density at radius 1 is 1.24 bits per heavy atom. The number of carbonyl (C=O) groups is 1. The first-order chi connectivity index (χ1) is 12.1. The molecule has 1 aliphatic heterocycles. The highest BCUT2D eigenvalue weighted by atomic mass is 32.1. The van der Waals surface area contributed by atoms with Crippen LogP contribution < -0.4 is 15.0 Å². The third kappa shape index (κ3) is 4.93. The first-order valence-electron chi connectivity index (χ1n) is 8.56. The molecule has 1 N–H and O–H groups in total. The van der Waals surface area contributed by atoms with Gasteiger partial charge >= 0.3 is 0 Å². The predicted octanol–water partition coefficient (Wildman–Crippen LogP) is 2.61. The van der Waals surface area contributed by atoms with E-state index in [-0.39, 0.29) is 5.91 Å². The molecule has 1 saturated heterocycles. The van der Waals surface area contributed by atoms with Crippen LogP contribution in [0.4, 0.5) is 10.8 Å². The summed E-state index contributed by atoms with van der Waals surface area (Å²) in [6, 6.07) is 7.47. The second kappa shape index (κ2) is 8.31. The van der Waals surface area contributed by atoms with Gasteiger partial charge in [-0.25, -0.2) is 4.98 Å². The minimum Gasteiger partial charge on any atom is -0.494 e. The Labute approximate surface area is 152 Å². The van der Waals surface area contributed by atoms with Gasteiger partial charge in [-0.05, 0) is 38.1 Å². The highest BCUT2D eigenvalue weighted by Crippen LogP contribution is 2.22. The number of hydrogen-bond acceptors (Lipinski definition) is 6. The Hall–Kier alpha value is -2.12. The molecule has 1 aliphatic rings. The molecule has 3 rings (SSSR count). The quantitative estimate of drug-likeness (QED) is 0.858. The molecule has 7 heteroatoms. The van der Waals surface area contributed by atoms with Crippen LogP contribution in [0.1, 0.15) is 11.8 Å². The SMILES string of the molecule is CCOc1ccc(NC(=O)CN2CCN(c3ncc(C)s3)CC2)cc1. The van der Waals surface area contributed by atoms with Crippen LogP contribution in [0.25, 0.3) is 0 Å². The summed E-state index contributed by atoms with van der Waals surface area (Å²) in [4.78, 5) is 22.4. The molecule has 0 aliphatic carbocycles. The van der Waals surface area contributed by atoms with E-state index >= 15 is 0 Å². The topological polar surface area (TPSA) is 57.7 Å². The molecule has 2 aromatic rings. The van der Waals surface area contributed by atoms with E-state index in [1.54, 1.807) is 11.3 Å². The zero-order chi connectivity index (χ0) is 17.6. The van der Waals surface area contributed by atoms with Gasteiger partial charge in [0.2, 0.25) is 5.91 Å². The molecule has 0 unspecified atom stereocenters. The molecule has 134 valence electrons. The van der Waals surface area contributed by atoms with E-state index in [4.69, 9.17) is 4.74 Å². The molecule has 0 saturated carbocycles. The maximum absolute atomic E-state index is 12.2. The predicted molar refractivity (Wildman–Crippen MR) is 102 cm³/mol. The number of aryl methyl sites for hydroxylation is 1. The van der Waals surface area contributed by atoms with Crippen molar-refractivity contribution in [2.75, 3.05) is 49.5 Å². The van der Waals surface area contributed by atoms with Crippen molar-refractivity contribution in [1.82, 2.24) is 9.88 Å². The second-order valence-electron chi connectivity index (χ2n) is 6.02. The van der Waals surface area contributed by atoms with Gasteiger partial charge in [0.15, 0.2) is 5.13 Å². The van der Waals surface area contributed by atoms with Gasteiger partial charge in [-0.3, -0.25) is 9.69 Å². The summed E-state index contributed by atoms with van der Waals surface area (Å²) in [7, 11) is 0.